The van der Waals surface area contributed by atoms with E-state index in [1.165, 1.54) is 19.3 Å². The Labute approximate surface area is 137 Å². The highest BCUT2D eigenvalue weighted by Gasteiger charge is 2.19. The molecule has 124 valence electrons. The Kier molecular flexibility index (Phi) is 6.20. The van der Waals surface area contributed by atoms with E-state index in [1.807, 2.05) is 18.2 Å². The Morgan fingerprint density at radius 2 is 2.04 bits per heavy atom. The lowest BCUT2D eigenvalue weighted by Crippen LogP contribution is -2.00. The maximum absolute atomic E-state index is 11.6. The summed E-state index contributed by atoms with van der Waals surface area (Å²) < 4.78 is 16.0. The highest BCUT2D eigenvalue weighted by molar-refractivity contribution is 6.06. The van der Waals surface area contributed by atoms with Gasteiger partial charge >= 0.3 is 5.97 Å². The molecule has 23 heavy (non-hydrogen) atoms. The molecular formula is C18H23NO4. The van der Waals surface area contributed by atoms with Gasteiger partial charge in [-0.15, -0.1) is 0 Å². The molecule has 0 unspecified atom stereocenters. The summed E-state index contributed by atoms with van der Waals surface area (Å²) in [6.45, 7) is 4.50. The van der Waals surface area contributed by atoms with Crippen molar-refractivity contribution in [2.24, 2.45) is 4.99 Å². The van der Waals surface area contributed by atoms with Crippen LogP contribution in [0.5, 0.6) is 11.5 Å². The molecule has 0 aromatic heterocycles. The van der Waals surface area contributed by atoms with Crippen molar-refractivity contribution in [3.05, 3.63) is 29.5 Å². The zero-order valence-electron chi connectivity index (χ0n) is 13.9. The van der Waals surface area contributed by atoms with Crippen LogP contribution >= 0.6 is 0 Å². The number of rotatable bonds is 8. The predicted octanol–water partition coefficient (Wildman–Crippen LogP) is 3.97. The van der Waals surface area contributed by atoms with E-state index >= 15 is 0 Å². The number of cyclic esters (lactones) is 1. The van der Waals surface area contributed by atoms with E-state index in [0.717, 1.165) is 12.0 Å². The zero-order chi connectivity index (χ0) is 16.7. The fraction of sp³-hybridized carbons (Fsp3) is 0.444. The topological polar surface area (TPSA) is 57.1 Å². The van der Waals surface area contributed by atoms with E-state index in [1.54, 1.807) is 20.1 Å². The molecule has 1 aliphatic heterocycles. The van der Waals surface area contributed by atoms with Crippen LogP contribution in [-0.2, 0) is 9.53 Å². The molecule has 2 rings (SSSR count). The zero-order valence-corrected chi connectivity index (χ0v) is 13.9. The number of hydrogen-bond acceptors (Lipinski definition) is 5. The first kappa shape index (κ1) is 17.1. The van der Waals surface area contributed by atoms with Gasteiger partial charge in [0.25, 0.3) is 0 Å². The molecule has 1 aromatic carbocycles. The standard InChI is InChI=1S/C18H23NO4/c1-4-5-6-7-10-22-16-9-8-14(12-17(16)21-3)11-15-18(20)23-13(2)19-15/h8-9,11-12H,4-7,10H2,1-3H3. The number of hydrogen-bond donors (Lipinski definition) is 0. The van der Waals surface area contributed by atoms with Crippen LogP contribution in [0, 0.1) is 0 Å². The summed E-state index contributed by atoms with van der Waals surface area (Å²) in [5.74, 6) is 1.28. The van der Waals surface area contributed by atoms with Gasteiger partial charge in [-0.25, -0.2) is 9.79 Å². The minimum Gasteiger partial charge on any atom is -0.493 e. The largest absolute Gasteiger partial charge is 0.493 e. The van der Waals surface area contributed by atoms with Gasteiger partial charge in [0.05, 0.1) is 13.7 Å². The number of methoxy groups -OCH3 is 1. The van der Waals surface area contributed by atoms with Crippen molar-refractivity contribution < 1.29 is 19.0 Å². The van der Waals surface area contributed by atoms with E-state index in [2.05, 4.69) is 11.9 Å². The summed E-state index contributed by atoms with van der Waals surface area (Å²) in [5, 5.41) is 0. The van der Waals surface area contributed by atoms with Crippen LogP contribution in [0.25, 0.3) is 6.08 Å². The number of nitrogens with zero attached hydrogens (tertiary/aromatic N) is 1. The number of carbonyl (C=O) groups is 1. The molecule has 5 nitrogen and oxygen atoms in total. The molecule has 0 bridgehead atoms. The first-order valence-electron chi connectivity index (χ1n) is 7.94. The maximum Gasteiger partial charge on any atom is 0.363 e. The van der Waals surface area contributed by atoms with E-state index in [-0.39, 0.29) is 5.70 Å². The molecule has 0 radical (unpaired) electrons. The van der Waals surface area contributed by atoms with Gasteiger partial charge in [0.15, 0.2) is 23.1 Å². The summed E-state index contributed by atoms with van der Waals surface area (Å²) in [4.78, 5) is 15.6. The molecule has 1 aromatic rings. The van der Waals surface area contributed by atoms with Gasteiger partial charge in [0.1, 0.15) is 0 Å². The molecule has 0 N–H and O–H groups in total. The smallest absolute Gasteiger partial charge is 0.363 e. The predicted molar refractivity (Wildman–Crippen MR) is 89.8 cm³/mol. The molecule has 1 aliphatic rings. The minimum absolute atomic E-state index is 0.290. The number of carbonyl (C=O) groups excluding carboxylic acids is 1. The number of esters is 1. The molecular weight excluding hydrogens is 294 g/mol. The molecule has 0 saturated carbocycles. The number of aliphatic imine (C=N–C) groups is 1. The van der Waals surface area contributed by atoms with Gasteiger partial charge in [-0.05, 0) is 30.2 Å². The average molecular weight is 317 g/mol. The summed E-state index contributed by atoms with van der Waals surface area (Å²) in [6, 6.07) is 5.54. The summed E-state index contributed by atoms with van der Waals surface area (Å²) in [5.41, 5.74) is 1.10. The Morgan fingerprint density at radius 1 is 1.22 bits per heavy atom. The Hall–Kier alpha value is -2.30. The van der Waals surface area contributed by atoms with E-state index in [9.17, 15) is 4.79 Å². The lowest BCUT2D eigenvalue weighted by molar-refractivity contribution is -0.130. The van der Waals surface area contributed by atoms with E-state index in [0.29, 0.717) is 24.0 Å². The second-order valence-corrected chi connectivity index (χ2v) is 5.37. The van der Waals surface area contributed by atoms with Gasteiger partial charge in [0, 0.05) is 6.92 Å². The van der Waals surface area contributed by atoms with Gasteiger partial charge in [-0.1, -0.05) is 32.3 Å². The minimum atomic E-state index is -0.433. The fourth-order valence-corrected chi connectivity index (χ4v) is 2.28. The average Bonchev–Trinajstić information content (AvgIpc) is 2.85. The third kappa shape index (κ3) is 4.84. The Balaban J connectivity index is 2.04. The van der Waals surface area contributed by atoms with Crippen molar-refractivity contribution in [1.29, 1.82) is 0 Å². The SMILES string of the molecule is CCCCCCOc1ccc(C=C2N=C(C)OC2=O)cc1OC. The van der Waals surface area contributed by atoms with Crippen LogP contribution in [0.3, 0.4) is 0 Å². The van der Waals surface area contributed by atoms with E-state index < -0.39 is 5.97 Å². The van der Waals surface area contributed by atoms with Crippen molar-refractivity contribution in [3.63, 3.8) is 0 Å². The van der Waals surface area contributed by atoms with Crippen molar-refractivity contribution >= 4 is 17.9 Å². The Morgan fingerprint density at radius 3 is 2.70 bits per heavy atom. The van der Waals surface area contributed by atoms with Crippen LogP contribution in [0.15, 0.2) is 28.9 Å². The second kappa shape index (κ2) is 8.36. The molecule has 0 spiro atoms. The second-order valence-electron chi connectivity index (χ2n) is 5.37. The molecule has 0 atom stereocenters. The van der Waals surface area contributed by atoms with Crippen LogP contribution in [0.1, 0.15) is 45.1 Å². The van der Waals surface area contributed by atoms with Crippen molar-refractivity contribution in [3.8, 4) is 11.5 Å². The van der Waals surface area contributed by atoms with Crippen LogP contribution in [0.4, 0.5) is 0 Å². The molecule has 0 amide bonds. The van der Waals surface area contributed by atoms with Gasteiger partial charge < -0.3 is 14.2 Å². The molecule has 5 heteroatoms. The quantitative estimate of drug-likeness (QED) is 0.413. The molecule has 1 heterocycles. The summed E-state index contributed by atoms with van der Waals surface area (Å²) in [6.07, 6.45) is 6.30. The first-order valence-corrected chi connectivity index (χ1v) is 7.94. The normalized spacial score (nSPS) is 15.5. The third-order valence-corrected chi connectivity index (χ3v) is 3.47. The highest BCUT2D eigenvalue weighted by Crippen LogP contribution is 2.29. The maximum atomic E-state index is 11.6. The van der Waals surface area contributed by atoms with Crippen LogP contribution in [0.2, 0.25) is 0 Å². The third-order valence-electron chi connectivity index (χ3n) is 3.47. The summed E-state index contributed by atoms with van der Waals surface area (Å²) in [7, 11) is 1.60. The fourth-order valence-electron chi connectivity index (χ4n) is 2.28. The van der Waals surface area contributed by atoms with Gasteiger partial charge in [-0.2, -0.15) is 0 Å². The molecule has 0 fully saturated rings. The summed E-state index contributed by atoms with van der Waals surface area (Å²) >= 11 is 0. The van der Waals surface area contributed by atoms with Gasteiger partial charge in [0.2, 0.25) is 0 Å². The van der Waals surface area contributed by atoms with E-state index in [4.69, 9.17) is 14.2 Å². The molecule has 0 saturated heterocycles. The van der Waals surface area contributed by atoms with Crippen LogP contribution in [-0.4, -0.2) is 25.6 Å². The molecule has 0 aliphatic carbocycles. The Bertz CT molecular complexity index is 619. The number of unbranched alkanes of at least 4 members (excludes halogenated alkanes) is 3. The van der Waals surface area contributed by atoms with Crippen LogP contribution < -0.4 is 9.47 Å². The van der Waals surface area contributed by atoms with Gasteiger partial charge in [-0.3, -0.25) is 0 Å². The first-order chi connectivity index (χ1) is 11.1. The lowest BCUT2D eigenvalue weighted by Gasteiger charge is -2.11. The monoisotopic (exact) mass is 317 g/mol. The highest BCUT2D eigenvalue weighted by atomic mass is 16.6. The number of benzene rings is 1. The van der Waals surface area contributed by atoms with Crippen molar-refractivity contribution in [2.75, 3.05) is 13.7 Å². The number of ether oxygens (including phenoxy) is 3. The van der Waals surface area contributed by atoms with Crippen molar-refractivity contribution in [1.82, 2.24) is 0 Å². The lowest BCUT2D eigenvalue weighted by atomic mass is 10.1. The van der Waals surface area contributed by atoms with Crippen molar-refractivity contribution in [2.45, 2.75) is 39.5 Å².